The van der Waals surface area contributed by atoms with Crippen LogP contribution in [0.4, 0.5) is 9.59 Å². The molecule has 288 valence electrons. The van der Waals surface area contributed by atoms with Gasteiger partial charge in [-0.05, 0) is 69.7 Å². The van der Waals surface area contributed by atoms with Gasteiger partial charge in [-0.25, -0.2) is 9.59 Å². The lowest BCUT2D eigenvalue weighted by atomic mass is 9.98. The van der Waals surface area contributed by atoms with Gasteiger partial charge >= 0.3 is 24.1 Å². The number of ether oxygens (including phenoxy) is 4. The Balaban J connectivity index is 0.000000564. The van der Waals surface area contributed by atoms with Crippen LogP contribution in [0.3, 0.4) is 0 Å². The number of benzene rings is 2. The predicted octanol–water partition coefficient (Wildman–Crippen LogP) is 6.44. The second-order valence-corrected chi connectivity index (χ2v) is 14.9. The van der Waals surface area contributed by atoms with Crippen LogP contribution in [0.2, 0.25) is 0 Å². The molecule has 0 radical (unpaired) electrons. The molecule has 0 aliphatic rings. The van der Waals surface area contributed by atoms with E-state index in [1.165, 1.54) is 14.2 Å². The van der Waals surface area contributed by atoms with E-state index in [4.69, 9.17) is 14.2 Å². The summed E-state index contributed by atoms with van der Waals surface area (Å²) in [6, 6.07) is 14.1. The SMILES string of the molecule is CC[C@H](C)[C@@H](CN(CC(=O)OC)Cc1cccc2ccccc12)NC(=O)OC(C)(C)C.CC[C@H](C)[C@@H](CNCC(=O)OC)NC(=O)OC(C)(C)C. The van der Waals surface area contributed by atoms with E-state index in [0.717, 1.165) is 29.2 Å². The molecule has 51 heavy (non-hydrogen) atoms. The molecule has 0 fully saturated rings. The number of rotatable bonds is 16. The number of nitrogens with one attached hydrogen (secondary N) is 3. The fourth-order valence-electron chi connectivity index (χ4n) is 5.03. The third-order valence-electron chi connectivity index (χ3n) is 8.24. The van der Waals surface area contributed by atoms with E-state index >= 15 is 0 Å². The van der Waals surface area contributed by atoms with Gasteiger partial charge in [0.25, 0.3) is 0 Å². The fourth-order valence-corrected chi connectivity index (χ4v) is 5.03. The number of fused-ring (bicyclic) bond motifs is 1. The Hall–Kier alpha value is -3.90. The van der Waals surface area contributed by atoms with Crippen LogP contribution in [0.5, 0.6) is 0 Å². The van der Waals surface area contributed by atoms with Crippen molar-refractivity contribution in [2.24, 2.45) is 11.8 Å². The number of hydrogen-bond donors (Lipinski definition) is 3. The summed E-state index contributed by atoms with van der Waals surface area (Å²) in [7, 11) is 2.73. The first-order valence-corrected chi connectivity index (χ1v) is 17.8. The molecule has 0 aliphatic carbocycles. The van der Waals surface area contributed by atoms with E-state index in [-0.39, 0.29) is 48.9 Å². The first-order chi connectivity index (χ1) is 23.8. The zero-order chi connectivity index (χ0) is 38.8. The van der Waals surface area contributed by atoms with Crippen molar-refractivity contribution in [1.82, 2.24) is 20.9 Å². The summed E-state index contributed by atoms with van der Waals surface area (Å²) < 4.78 is 20.2. The number of carbonyl (C=O) groups excluding carboxylic acids is 4. The van der Waals surface area contributed by atoms with Crippen LogP contribution in [0.15, 0.2) is 42.5 Å². The molecular formula is C39H64N4O8. The smallest absolute Gasteiger partial charge is 0.407 e. The third kappa shape index (κ3) is 18.8. The second kappa shape index (κ2) is 22.1. The first kappa shape index (κ1) is 45.1. The van der Waals surface area contributed by atoms with Gasteiger partial charge in [-0.3, -0.25) is 14.5 Å². The van der Waals surface area contributed by atoms with E-state index in [1.807, 2.05) is 71.6 Å². The van der Waals surface area contributed by atoms with Gasteiger partial charge in [0.1, 0.15) is 11.2 Å². The lowest BCUT2D eigenvalue weighted by molar-refractivity contribution is -0.142. The number of hydrogen-bond acceptors (Lipinski definition) is 10. The Bertz CT molecular complexity index is 1370. The Morgan fingerprint density at radius 1 is 0.725 bits per heavy atom. The van der Waals surface area contributed by atoms with E-state index in [9.17, 15) is 19.2 Å². The zero-order valence-corrected chi connectivity index (χ0v) is 33.0. The van der Waals surface area contributed by atoms with Crippen LogP contribution < -0.4 is 16.0 Å². The number of methoxy groups -OCH3 is 2. The Labute approximate surface area is 305 Å². The number of carbonyl (C=O) groups is 4. The van der Waals surface area contributed by atoms with Gasteiger partial charge in [-0.2, -0.15) is 0 Å². The van der Waals surface area contributed by atoms with E-state index in [0.29, 0.717) is 19.6 Å². The van der Waals surface area contributed by atoms with E-state index in [2.05, 4.69) is 65.7 Å². The molecule has 2 amide bonds. The lowest BCUT2D eigenvalue weighted by Crippen LogP contribution is -2.49. The molecule has 12 heteroatoms. The summed E-state index contributed by atoms with van der Waals surface area (Å²) in [6.45, 7) is 21.1. The maximum absolute atomic E-state index is 12.4. The minimum atomic E-state index is -0.571. The Kier molecular flexibility index (Phi) is 19.6. The zero-order valence-electron chi connectivity index (χ0n) is 33.0. The van der Waals surface area contributed by atoms with E-state index < -0.39 is 23.4 Å². The largest absolute Gasteiger partial charge is 0.468 e. The van der Waals surface area contributed by atoms with Crippen molar-refractivity contribution >= 4 is 34.9 Å². The van der Waals surface area contributed by atoms with Crippen LogP contribution >= 0.6 is 0 Å². The third-order valence-corrected chi connectivity index (χ3v) is 8.24. The maximum Gasteiger partial charge on any atom is 0.407 e. The van der Waals surface area contributed by atoms with Crippen molar-refractivity contribution in [2.75, 3.05) is 40.4 Å². The van der Waals surface area contributed by atoms with Crippen molar-refractivity contribution < 1.29 is 38.1 Å². The highest BCUT2D eigenvalue weighted by Crippen LogP contribution is 2.21. The molecular weight excluding hydrogens is 652 g/mol. The first-order valence-electron chi connectivity index (χ1n) is 17.8. The summed E-state index contributed by atoms with van der Waals surface area (Å²) in [5.74, 6) is -0.154. The molecule has 0 unspecified atom stereocenters. The highest BCUT2D eigenvalue weighted by Gasteiger charge is 2.26. The number of amides is 2. The van der Waals surface area contributed by atoms with Gasteiger partial charge in [0.05, 0.1) is 27.3 Å². The predicted molar refractivity (Wildman–Crippen MR) is 201 cm³/mol. The van der Waals surface area contributed by atoms with Crippen molar-refractivity contribution in [3.63, 3.8) is 0 Å². The fraction of sp³-hybridized carbons (Fsp3) is 0.641. The number of nitrogens with zero attached hydrogens (tertiary/aromatic N) is 1. The summed E-state index contributed by atoms with van der Waals surface area (Å²) in [5, 5.41) is 11.1. The summed E-state index contributed by atoms with van der Waals surface area (Å²) in [4.78, 5) is 49.4. The average Bonchev–Trinajstić information content (AvgIpc) is 3.05. The van der Waals surface area contributed by atoms with Crippen molar-refractivity contribution in [3.05, 3.63) is 48.0 Å². The molecule has 0 bridgehead atoms. The number of esters is 2. The molecule has 0 aromatic heterocycles. The number of alkyl carbamates (subject to hydrolysis) is 2. The molecule has 0 saturated heterocycles. The van der Waals surface area contributed by atoms with Crippen LogP contribution in [-0.2, 0) is 35.1 Å². The molecule has 0 heterocycles. The Morgan fingerprint density at radius 3 is 1.76 bits per heavy atom. The van der Waals surface area contributed by atoms with Gasteiger partial charge in [0.2, 0.25) is 0 Å². The average molecular weight is 717 g/mol. The summed E-state index contributed by atoms with van der Waals surface area (Å²) in [6.07, 6.45) is 0.921. The molecule has 3 N–H and O–H groups in total. The van der Waals surface area contributed by atoms with E-state index in [1.54, 1.807) is 0 Å². The van der Waals surface area contributed by atoms with Crippen LogP contribution in [-0.4, -0.2) is 92.7 Å². The monoisotopic (exact) mass is 716 g/mol. The highest BCUT2D eigenvalue weighted by atomic mass is 16.6. The van der Waals surface area contributed by atoms with Crippen LogP contribution in [0, 0.1) is 11.8 Å². The molecule has 2 aromatic carbocycles. The van der Waals surface area contributed by atoms with Crippen LogP contribution in [0.25, 0.3) is 10.8 Å². The minimum absolute atomic E-state index is 0.0977. The molecule has 0 saturated carbocycles. The minimum Gasteiger partial charge on any atom is -0.468 e. The molecule has 12 nitrogen and oxygen atoms in total. The van der Waals surface area contributed by atoms with Crippen LogP contribution in [0.1, 0.15) is 87.6 Å². The lowest BCUT2D eigenvalue weighted by Gasteiger charge is -2.31. The van der Waals surface area contributed by atoms with Gasteiger partial charge in [0.15, 0.2) is 0 Å². The van der Waals surface area contributed by atoms with Crippen molar-refractivity contribution in [2.45, 2.75) is 112 Å². The topological polar surface area (TPSA) is 145 Å². The summed E-state index contributed by atoms with van der Waals surface area (Å²) >= 11 is 0. The van der Waals surface area contributed by atoms with Crippen molar-refractivity contribution in [3.8, 4) is 0 Å². The molecule has 2 aromatic rings. The Morgan fingerprint density at radius 2 is 1.24 bits per heavy atom. The molecule has 4 atom stereocenters. The quantitative estimate of drug-likeness (QED) is 0.131. The van der Waals surface area contributed by atoms with Gasteiger partial charge in [-0.1, -0.05) is 83.0 Å². The molecule has 0 spiro atoms. The maximum atomic E-state index is 12.4. The van der Waals surface area contributed by atoms with Gasteiger partial charge < -0.3 is 34.9 Å². The normalized spacial score (nSPS) is 13.9. The summed E-state index contributed by atoms with van der Waals surface area (Å²) in [5.41, 5.74) is 0.0320. The molecule has 2 rings (SSSR count). The van der Waals surface area contributed by atoms with Gasteiger partial charge in [-0.15, -0.1) is 0 Å². The van der Waals surface area contributed by atoms with Crippen molar-refractivity contribution in [1.29, 1.82) is 0 Å². The second-order valence-electron chi connectivity index (χ2n) is 14.9. The standard InChI is InChI=1S/C25H36N2O4.C14H28N2O4/c1-7-18(2)22(26-24(29)31-25(3,4)5)16-27(17-23(28)30-6)15-20-13-10-12-19-11-8-9-14-21(19)20;1-7-10(2)11(8-15-9-12(17)19-6)16-13(18)20-14(3,4)5/h8-14,18,22H,7,15-17H2,1-6H3,(H,26,29);10-11,15H,7-9H2,1-6H3,(H,16,18)/t18-,22+;10-,11+/m00/s1. The highest BCUT2D eigenvalue weighted by molar-refractivity contribution is 5.85. The molecule has 0 aliphatic heterocycles. The van der Waals surface area contributed by atoms with Gasteiger partial charge in [0, 0.05) is 31.7 Å².